The zero-order chi connectivity index (χ0) is 23.9. The van der Waals surface area contributed by atoms with Crippen LogP contribution in [0.4, 0.5) is 4.39 Å². The van der Waals surface area contributed by atoms with E-state index in [9.17, 15) is 9.18 Å². The number of hydrogen-bond donors (Lipinski definition) is 0. The standard InChI is InChI=1S/C25H26FN7O2/c1-30-21-9-5-3-7-18(21)24(28-30)25(34)32-12-10-31(11-13-32)14-20-22-16-35-23(15-33(22)29-27-20)17-6-2-4-8-19(17)26/h2-9,23H,10-16H2,1H3/t23-/m1/s1. The van der Waals surface area contributed by atoms with Crippen LogP contribution in [0.3, 0.4) is 0 Å². The molecule has 1 saturated heterocycles. The Kier molecular flexibility index (Phi) is 5.54. The van der Waals surface area contributed by atoms with Crippen molar-refractivity contribution < 1.29 is 13.9 Å². The Hall–Kier alpha value is -3.63. The number of carbonyl (C=O) groups is 1. The summed E-state index contributed by atoms with van der Waals surface area (Å²) < 4.78 is 23.7. The van der Waals surface area contributed by atoms with Crippen molar-refractivity contribution in [2.24, 2.45) is 7.05 Å². The molecule has 35 heavy (non-hydrogen) atoms. The monoisotopic (exact) mass is 475 g/mol. The van der Waals surface area contributed by atoms with Crippen molar-refractivity contribution in [3.05, 3.63) is 77.0 Å². The molecule has 0 radical (unpaired) electrons. The van der Waals surface area contributed by atoms with Gasteiger partial charge in [-0.05, 0) is 12.1 Å². The van der Waals surface area contributed by atoms with E-state index in [4.69, 9.17) is 4.74 Å². The minimum atomic E-state index is -0.379. The molecule has 0 N–H and O–H groups in total. The lowest BCUT2D eigenvalue weighted by atomic mass is 10.1. The van der Waals surface area contributed by atoms with Gasteiger partial charge in [0.25, 0.3) is 5.91 Å². The van der Waals surface area contributed by atoms with Crippen LogP contribution in [0.1, 0.15) is 33.5 Å². The van der Waals surface area contributed by atoms with Crippen molar-refractivity contribution in [1.29, 1.82) is 0 Å². The molecular formula is C25H26FN7O2. The summed E-state index contributed by atoms with van der Waals surface area (Å²) in [5.41, 5.74) is 3.79. The zero-order valence-electron chi connectivity index (χ0n) is 19.5. The third kappa shape index (κ3) is 3.98. The smallest absolute Gasteiger partial charge is 0.275 e. The average molecular weight is 476 g/mol. The molecule has 2 aromatic carbocycles. The van der Waals surface area contributed by atoms with Gasteiger partial charge in [0, 0.05) is 50.7 Å². The summed E-state index contributed by atoms with van der Waals surface area (Å²) in [6.45, 7) is 4.13. The van der Waals surface area contributed by atoms with E-state index in [0.29, 0.717) is 44.0 Å². The van der Waals surface area contributed by atoms with Gasteiger partial charge in [0.1, 0.15) is 17.6 Å². The minimum absolute atomic E-state index is 0.0323. The molecule has 0 saturated carbocycles. The van der Waals surface area contributed by atoms with Crippen molar-refractivity contribution in [2.75, 3.05) is 26.2 Å². The van der Waals surface area contributed by atoms with E-state index >= 15 is 0 Å². The molecule has 0 aliphatic carbocycles. The highest BCUT2D eigenvalue weighted by Gasteiger charge is 2.29. The van der Waals surface area contributed by atoms with Crippen molar-refractivity contribution in [1.82, 2.24) is 34.6 Å². The lowest BCUT2D eigenvalue weighted by molar-refractivity contribution is -0.00418. The van der Waals surface area contributed by atoms with Gasteiger partial charge in [-0.2, -0.15) is 5.10 Å². The minimum Gasteiger partial charge on any atom is -0.365 e. The van der Waals surface area contributed by atoms with Gasteiger partial charge in [0.2, 0.25) is 0 Å². The largest absolute Gasteiger partial charge is 0.365 e. The SMILES string of the molecule is Cn1nc(C(=O)N2CCN(Cc3nnn4c3CO[C@@H](c3ccccc3F)C4)CC2)c2ccccc21. The van der Waals surface area contributed by atoms with Gasteiger partial charge in [0.05, 0.1) is 24.4 Å². The lowest BCUT2D eigenvalue weighted by Crippen LogP contribution is -2.48. The van der Waals surface area contributed by atoms with Gasteiger partial charge in [-0.1, -0.05) is 41.6 Å². The van der Waals surface area contributed by atoms with E-state index < -0.39 is 0 Å². The summed E-state index contributed by atoms with van der Waals surface area (Å²) in [5, 5.41) is 14.1. The predicted octanol–water partition coefficient (Wildman–Crippen LogP) is 2.53. The number of carbonyl (C=O) groups excluding carboxylic acids is 1. The molecule has 10 heteroatoms. The summed E-state index contributed by atoms with van der Waals surface area (Å²) in [6.07, 6.45) is -0.379. The molecule has 2 aliphatic rings. The van der Waals surface area contributed by atoms with Crippen LogP contribution in [-0.2, 0) is 31.5 Å². The average Bonchev–Trinajstić information content (AvgIpc) is 3.45. The van der Waals surface area contributed by atoms with Crippen LogP contribution in [0.25, 0.3) is 10.9 Å². The van der Waals surface area contributed by atoms with E-state index in [0.717, 1.165) is 35.4 Å². The summed E-state index contributed by atoms with van der Waals surface area (Å²) >= 11 is 0. The number of ether oxygens (including phenoxy) is 1. The number of amides is 1. The van der Waals surface area contributed by atoms with Crippen LogP contribution in [0.2, 0.25) is 0 Å². The predicted molar refractivity (Wildman–Crippen MR) is 126 cm³/mol. The number of para-hydroxylation sites is 1. The summed E-state index contributed by atoms with van der Waals surface area (Å²) in [5.74, 6) is -0.303. The Labute approximate surface area is 201 Å². The maximum Gasteiger partial charge on any atom is 0.275 e. The summed E-state index contributed by atoms with van der Waals surface area (Å²) in [7, 11) is 1.86. The number of piperazine rings is 1. The summed E-state index contributed by atoms with van der Waals surface area (Å²) in [4.78, 5) is 17.3. The Morgan fingerprint density at radius 1 is 1.09 bits per heavy atom. The van der Waals surface area contributed by atoms with Crippen LogP contribution in [0.15, 0.2) is 48.5 Å². The molecule has 4 aromatic rings. The molecular weight excluding hydrogens is 449 g/mol. The van der Waals surface area contributed by atoms with E-state index in [1.807, 2.05) is 47.0 Å². The zero-order valence-corrected chi connectivity index (χ0v) is 19.5. The normalized spacial score (nSPS) is 18.7. The van der Waals surface area contributed by atoms with Crippen LogP contribution in [0.5, 0.6) is 0 Å². The highest BCUT2D eigenvalue weighted by atomic mass is 19.1. The Balaban J connectivity index is 1.09. The van der Waals surface area contributed by atoms with Crippen LogP contribution in [-0.4, -0.2) is 66.7 Å². The fourth-order valence-electron chi connectivity index (χ4n) is 4.95. The number of benzene rings is 2. The van der Waals surface area contributed by atoms with Gasteiger partial charge in [-0.25, -0.2) is 9.07 Å². The molecule has 6 rings (SSSR count). The number of aromatic nitrogens is 5. The first-order chi connectivity index (χ1) is 17.1. The second kappa shape index (κ2) is 8.86. The third-order valence-corrected chi connectivity index (χ3v) is 6.92. The van der Waals surface area contributed by atoms with Crippen LogP contribution < -0.4 is 0 Å². The maximum atomic E-state index is 14.2. The Morgan fingerprint density at radius 3 is 2.69 bits per heavy atom. The first-order valence-electron chi connectivity index (χ1n) is 11.8. The number of nitrogens with zero attached hydrogens (tertiary/aromatic N) is 7. The highest BCUT2D eigenvalue weighted by molar-refractivity contribution is 6.04. The molecule has 0 bridgehead atoms. The van der Waals surface area contributed by atoms with E-state index in [1.54, 1.807) is 16.8 Å². The first kappa shape index (κ1) is 21.9. The second-order valence-corrected chi connectivity index (χ2v) is 9.04. The summed E-state index contributed by atoms with van der Waals surface area (Å²) in [6, 6.07) is 14.5. The van der Waals surface area contributed by atoms with Crippen LogP contribution >= 0.6 is 0 Å². The molecule has 0 unspecified atom stereocenters. The van der Waals surface area contributed by atoms with Crippen LogP contribution in [0, 0.1) is 5.82 Å². The number of halogens is 1. The third-order valence-electron chi connectivity index (χ3n) is 6.92. The van der Waals surface area contributed by atoms with E-state index in [-0.39, 0.29) is 17.8 Å². The van der Waals surface area contributed by atoms with Gasteiger partial charge in [0.15, 0.2) is 5.69 Å². The van der Waals surface area contributed by atoms with Gasteiger partial charge >= 0.3 is 0 Å². The highest BCUT2D eigenvalue weighted by Crippen LogP contribution is 2.29. The molecule has 9 nitrogen and oxygen atoms in total. The number of hydrogen-bond acceptors (Lipinski definition) is 6. The molecule has 0 spiro atoms. The van der Waals surface area contributed by atoms with E-state index in [2.05, 4.69) is 20.3 Å². The second-order valence-electron chi connectivity index (χ2n) is 9.04. The molecule has 180 valence electrons. The number of fused-ring (bicyclic) bond motifs is 2. The first-order valence-corrected chi connectivity index (χ1v) is 11.8. The Morgan fingerprint density at radius 2 is 1.86 bits per heavy atom. The molecule has 1 amide bonds. The van der Waals surface area contributed by atoms with Gasteiger partial charge in [-0.15, -0.1) is 5.10 Å². The quantitative estimate of drug-likeness (QED) is 0.451. The van der Waals surface area contributed by atoms with Crippen molar-refractivity contribution >= 4 is 16.8 Å². The fraction of sp³-hybridized carbons (Fsp3) is 0.360. The molecule has 4 heterocycles. The number of aryl methyl sites for hydroxylation is 1. The van der Waals surface area contributed by atoms with Gasteiger partial charge < -0.3 is 9.64 Å². The molecule has 2 aromatic heterocycles. The Bertz CT molecular complexity index is 1390. The lowest BCUT2D eigenvalue weighted by Gasteiger charge is -2.34. The molecule has 1 atom stereocenters. The fourth-order valence-corrected chi connectivity index (χ4v) is 4.95. The molecule has 1 fully saturated rings. The number of rotatable bonds is 4. The van der Waals surface area contributed by atoms with Crippen molar-refractivity contribution in [3.63, 3.8) is 0 Å². The van der Waals surface area contributed by atoms with Gasteiger partial charge in [-0.3, -0.25) is 14.4 Å². The topological polar surface area (TPSA) is 81.3 Å². The van der Waals surface area contributed by atoms with Crippen molar-refractivity contribution in [3.8, 4) is 0 Å². The van der Waals surface area contributed by atoms with Crippen molar-refractivity contribution in [2.45, 2.75) is 25.8 Å². The van der Waals surface area contributed by atoms with E-state index in [1.165, 1.54) is 6.07 Å². The molecule has 2 aliphatic heterocycles. The maximum absolute atomic E-state index is 14.2.